The van der Waals surface area contributed by atoms with Crippen molar-refractivity contribution in [3.63, 3.8) is 0 Å². The van der Waals surface area contributed by atoms with E-state index in [0.717, 1.165) is 30.8 Å². The number of nitrogens with one attached hydrogen (secondary N) is 1. The molecule has 0 bridgehead atoms. The van der Waals surface area contributed by atoms with Gasteiger partial charge < -0.3 is 10.4 Å². The summed E-state index contributed by atoms with van der Waals surface area (Å²) in [7, 11) is 0. The number of hydrogen-bond donors (Lipinski definition) is 2. The fourth-order valence-electron chi connectivity index (χ4n) is 2.22. The lowest BCUT2D eigenvalue weighted by molar-refractivity contribution is 0.143. The van der Waals surface area contributed by atoms with Gasteiger partial charge in [-0.15, -0.1) is 0 Å². The zero-order valence-electron chi connectivity index (χ0n) is 9.72. The molecule has 2 aromatic rings. The molecule has 1 aliphatic rings. The van der Waals surface area contributed by atoms with Gasteiger partial charge in [0.25, 0.3) is 5.78 Å². The van der Waals surface area contributed by atoms with Gasteiger partial charge in [-0.1, -0.05) is 0 Å². The van der Waals surface area contributed by atoms with Crippen LogP contribution in [0.4, 0.5) is 5.82 Å². The van der Waals surface area contributed by atoms with Gasteiger partial charge in [0.1, 0.15) is 12.1 Å². The third-order valence-electron chi connectivity index (χ3n) is 3.39. The van der Waals surface area contributed by atoms with E-state index in [1.54, 1.807) is 4.52 Å². The highest BCUT2D eigenvalue weighted by molar-refractivity contribution is 5.47. The lowest BCUT2D eigenvalue weighted by Crippen LogP contribution is -2.48. The first-order valence-corrected chi connectivity index (χ1v) is 5.79. The van der Waals surface area contributed by atoms with Crippen LogP contribution in [0.15, 0.2) is 12.4 Å². The topological polar surface area (TPSA) is 75.3 Å². The molecule has 6 heteroatoms. The second kappa shape index (κ2) is 3.66. The first-order valence-electron chi connectivity index (χ1n) is 5.79. The highest BCUT2D eigenvalue weighted by Crippen LogP contribution is 2.34. The largest absolute Gasteiger partial charge is 0.394 e. The van der Waals surface area contributed by atoms with Crippen LogP contribution >= 0.6 is 0 Å². The van der Waals surface area contributed by atoms with E-state index in [0.29, 0.717) is 5.78 Å². The first kappa shape index (κ1) is 10.5. The van der Waals surface area contributed by atoms with Crippen molar-refractivity contribution in [2.45, 2.75) is 31.7 Å². The van der Waals surface area contributed by atoms with Crippen molar-refractivity contribution in [2.24, 2.45) is 0 Å². The molecular weight excluding hydrogens is 218 g/mol. The van der Waals surface area contributed by atoms with Gasteiger partial charge in [-0.3, -0.25) is 0 Å². The summed E-state index contributed by atoms with van der Waals surface area (Å²) in [6.07, 6.45) is 4.61. The maximum absolute atomic E-state index is 9.47. The molecule has 0 aromatic carbocycles. The van der Waals surface area contributed by atoms with Crippen LogP contribution in [0.2, 0.25) is 0 Å². The molecule has 90 valence electrons. The summed E-state index contributed by atoms with van der Waals surface area (Å²) in [6, 6.07) is 1.93. The number of anilines is 1. The van der Waals surface area contributed by atoms with E-state index in [4.69, 9.17) is 0 Å². The van der Waals surface area contributed by atoms with Crippen molar-refractivity contribution in [3.8, 4) is 0 Å². The summed E-state index contributed by atoms with van der Waals surface area (Å²) in [4.78, 5) is 8.36. The first-order chi connectivity index (χ1) is 8.22. The number of aryl methyl sites for hydroxylation is 1. The third-order valence-corrected chi connectivity index (χ3v) is 3.39. The van der Waals surface area contributed by atoms with Gasteiger partial charge in [-0.2, -0.15) is 14.6 Å². The summed E-state index contributed by atoms with van der Waals surface area (Å²) < 4.78 is 1.67. The van der Waals surface area contributed by atoms with Gasteiger partial charge in [0, 0.05) is 11.8 Å². The van der Waals surface area contributed by atoms with Gasteiger partial charge in [-0.25, -0.2) is 4.98 Å². The number of rotatable bonds is 3. The van der Waals surface area contributed by atoms with Crippen LogP contribution in [0.25, 0.3) is 5.78 Å². The zero-order valence-corrected chi connectivity index (χ0v) is 9.72. The Morgan fingerprint density at radius 2 is 2.35 bits per heavy atom. The highest BCUT2D eigenvalue weighted by atomic mass is 16.3. The Morgan fingerprint density at radius 3 is 3.00 bits per heavy atom. The van der Waals surface area contributed by atoms with Crippen LogP contribution in [0.1, 0.15) is 25.0 Å². The number of fused-ring (bicyclic) bond motifs is 1. The minimum Gasteiger partial charge on any atom is -0.394 e. The van der Waals surface area contributed by atoms with Gasteiger partial charge in [-0.05, 0) is 26.2 Å². The number of hydrogen-bond acceptors (Lipinski definition) is 5. The van der Waals surface area contributed by atoms with Crippen LogP contribution in [-0.2, 0) is 0 Å². The minimum atomic E-state index is -0.188. The third kappa shape index (κ3) is 1.64. The lowest BCUT2D eigenvalue weighted by atomic mass is 9.77. The average molecular weight is 233 g/mol. The molecule has 0 radical (unpaired) electrons. The van der Waals surface area contributed by atoms with Crippen LogP contribution in [0.3, 0.4) is 0 Å². The summed E-state index contributed by atoms with van der Waals surface area (Å²) in [5, 5.41) is 17.0. The van der Waals surface area contributed by atoms with E-state index in [-0.39, 0.29) is 12.1 Å². The van der Waals surface area contributed by atoms with E-state index < -0.39 is 0 Å². The zero-order chi connectivity index (χ0) is 11.9. The highest BCUT2D eigenvalue weighted by Gasteiger charge is 2.36. The minimum absolute atomic E-state index is 0.143. The fourth-order valence-corrected chi connectivity index (χ4v) is 2.22. The fraction of sp³-hybridized carbons (Fsp3) is 0.545. The molecular formula is C11H15N5O. The summed E-state index contributed by atoms with van der Waals surface area (Å²) in [5.41, 5.74) is 0.701. The van der Waals surface area contributed by atoms with Gasteiger partial charge in [0.15, 0.2) is 0 Å². The van der Waals surface area contributed by atoms with Crippen LogP contribution in [0.5, 0.6) is 0 Å². The van der Waals surface area contributed by atoms with Crippen molar-refractivity contribution in [1.29, 1.82) is 0 Å². The molecule has 2 heterocycles. The van der Waals surface area contributed by atoms with E-state index in [2.05, 4.69) is 20.4 Å². The molecule has 0 saturated heterocycles. The van der Waals surface area contributed by atoms with Crippen LogP contribution in [-0.4, -0.2) is 36.8 Å². The van der Waals surface area contributed by atoms with Crippen molar-refractivity contribution < 1.29 is 5.11 Å². The standard InChI is InChI=1S/C11H15N5O/c1-8-5-9(15-11(6-17)3-2-4-11)16-10(14-8)12-7-13-16/h5,7,15,17H,2-4,6H2,1H3. The molecule has 17 heavy (non-hydrogen) atoms. The molecule has 0 atom stereocenters. The van der Waals surface area contributed by atoms with Gasteiger partial charge >= 0.3 is 0 Å². The van der Waals surface area contributed by atoms with Crippen molar-refractivity contribution in [3.05, 3.63) is 18.1 Å². The maximum Gasteiger partial charge on any atom is 0.254 e. The lowest BCUT2D eigenvalue weighted by Gasteiger charge is -2.41. The monoisotopic (exact) mass is 233 g/mol. The van der Waals surface area contributed by atoms with Gasteiger partial charge in [0.2, 0.25) is 0 Å². The van der Waals surface area contributed by atoms with Crippen LogP contribution in [0, 0.1) is 6.92 Å². The van der Waals surface area contributed by atoms with Gasteiger partial charge in [0.05, 0.1) is 12.1 Å². The number of aromatic nitrogens is 4. The molecule has 0 unspecified atom stereocenters. The Hall–Kier alpha value is -1.69. The molecule has 0 spiro atoms. The second-order valence-electron chi connectivity index (χ2n) is 4.67. The predicted octanol–water partition coefficient (Wildman–Crippen LogP) is 0.760. The quantitative estimate of drug-likeness (QED) is 0.818. The smallest absolute Gasteiger partial charge is 0.254 e. The molecule has 1 saturated carbocycles. The average Bonchev–Trinajstić information content (AvgIpc) is 2.71. The molecule has 2 N–H and O–H groups in total. The number of nitrogens with zero attached hydrogens (tertiary/aromatic N) is 4. The van der Waals surface area contributed by atoms with E-state index in [1.807, 2.05) is 13.0 Å². The number of aliphatic hydroxyl groups excluding tert-OH is 1. The van der Waals surface area contributed by atoms with E-state index in [9.17, 15) is 5.11 Å². The number of aliphatic hydroxyl groups is 1. The van der Waals surface area contributed by atoms with Crippen molar-refractivity contribution in [1.82, 2.24) is 19.6 Å². The molecule has 1 aliphatic carbocycles. The normalized spacial score (nSPS) is 18.0. The van der Waals surface area contributed by atoms with E-state index >= 15 is 0 Å². The maximum atomic E-state index is 9.47. The van der Waals surface area contributed by atoms with E-state index in [1.165, 1.54) is 6.33 Å². The SMILES string of the molecule is Cc1cc(NC2(CO)CCC2)n2ncnc2n1. The van der Waals surface area contributed by atoms with Crippen molar-refractivity contribution >= 4 is 11.6 Å². The molecule has 1 fully saturated rings. The molecule has 0 aliphatic heterocycles. The summed E-state index contributed by atoms with van der Waals surface area (Å²) >= 11 is 0. The van der Waals surface area contributed by atoms with Crippen LogP contribution < -0.4 is 5.32 Å². The predicted molar refractivity (Wildman–Crippen MR) is 62.8 cm³/mol. The Bertz CT molecular complexity index is 540. The van der Waals surface area contributed by atoms with Crippen molar-refractivity contribution in [2.75, 3.05) is 11.9 Å². The molecule has 6 nitrogen and oxygen atoms in total. The Morgan fingerprint density at radius 1 is 1.53 bits per heavy atom. The Labute approximate surface area is 98.7 Å². The second-order valence-corrected chi connectivity index (χ2v) is 4.67. The molecule has 2 aromatic heterocycles. The molecule has 3 rings (SSSR count). The Balaban J connectivity index is 2.01. The summed E-state index contributed by atoms with van der Waals surface area (Å²) in [5.74, 6) is 1.43. The molecule has 0 amide bonds. The summed E-state index contributed by atoms with van der Waals surface area (Å²) in [6.45, 7) is 2.07. The Kier molecular flexibility index (Phi) is 2.25.